The molecule has 4 rings (SSSR count). The van der Waals surface area contributed by atoms with Gasteiger partial charge < -0.3 is 35.5 Å². The summed E-state index contributed by atoms with van der Waals surface area (Å²) in [6.07, 6.45) is 5.06. The van der Waals surface area contributed by atoms with Crippen molar-refractivity contribution in [3.63, 3.8) is 0 Å². The second-order valence-corrected chi connectivity index (χ2v) is 10.7. The Morgan fingerprint density at radius 3 is 2.46 bits per heavy atom. The van der Waals surface area contributed by atoms with Crippen molar-refractivity contribution in [2.45, 2.75) is 12.8 Å². The number of nitrogens with two attached hydrogens (primary N) is 1. The van der Waals surface area contributed by atoms with Crippen LogP contribution < -0.4 is 21.1 Å². The molecule has 0 unspecified atom stereocenters. The van der Waals surface area contributed by atoms with Crippen LogP contribution in [0.25, 0.3) is 10.9 Å². The number of halogens is 2. The summed E-state index contributed by atoms with van der Waals surface area (Å²) in [5.41, 5.74) is 6.58. The fourth-order valence-electron chi connectivity index (χ4n) is 4.64. The number of primary amides is 1. The molecule has 1 aliphatic heterocycles. The average molecular weight is 658 g/mol. The first-order chi connectivity index (χ1) is 22.2. The Morgan fingerprint density at radius 1 is 1.02 bits per heavy atom. The lowest BCUT2D eigenvalue weighted by Gasteiger charge is -2.34. The molecule has 0 radical (unpaired) electrons. The van der Waals surface area contributed by atoms with E-state index in [9.17, 15) is 18.8 Å². The van der Waals surface area contributed by atoms with Gasteiger partial charge in [-0.25, -0.2) is 14.4 Å². The fraction of sp³-hybridized carbons (Fsp3) is 0.387. The highest BCUT2D eigenvalue weighted by Crippen LogP contribution is 2.33. The molecule has 0 spiro atoms. The molecular formula is C31H37ClFN7O6. The lowest BCUT2D eigenvalue weighted by Crippen LogP contribution is -2.48. The minimum atomic E-state index is -0.531. The first-order valence-electron chi connectivity index (χ1n) is 14.7. The standard InChI is InChI=1S/C31H37ClFN7O6/c1-44-27-19-25-22(31(36-20-35-25)37-21-4-5-24(33)23(32)17-21)18-26(27)38-29(42)3-2-8-39-9-11-40(12-10-39)30(43)7-14-46-16-15-45-13-6-28(34)41/h2-5,17-20H,6-16H2,1H3,(H2,34,41)(H,38,42)(H,35,36,37)/b3-2+. The topological polar surface area (TPSA) is 161 Å². The molecule has 46 heavy (non-hydrogen) atoms. The number of piperazine rings is 1. The van der Waals surface area contributed by atoms with E-state index in [4.69, 9.17) is 31.5 Å². The molecule has 246 valence electrons. The maximum atomic E-state index is 13.6. The molecule has 0 saturated carbocycles. The number of hydrogen-bond acceptors (Lipinski definition) is 10. The van der Waals surface area contributed by atoms with Gasteiger partial charge in [-0.3, -0.25) is 19.3 Å². The molecular weight excluding hydrogens is 621 g/mol. The maximum absolute atomic E-state index is 13.6. The third-order valence-electron chi connectivity index (χ3n) is 7.08. The number of nitrogens with one attached hydrogen (secondary N) is 2. The largest absolute Gasteiger partial charge is 0.494 e. The van der Waals surface area contributed by atoms with Crippen LogP contribution in [0.5, 0.6) is 5.75 Å². The van der Waals surface area contributed by atoms with E-state index in [0.717, 1.165) is 0 Å². The van der Waals surface area contributed by atoms with Crippen LogP contribution in [-0.2, 0) is 23.9 Å². The lowest BCUT2D eigenvalue weighted by molar-refractivity contribution is -0.134. The number of benzene rings is 2. The second-order valence-electron chi connectivity index (χ2n) is 10.3. The zero-order valence-electron chi connectivity index (χ0n) is 25.5. The molecule has 1 aromatic heterocycles. The van der Waals surface area contributed by atoms with Gasteiger partial charge in [-0.1, -0.05) is 17.7 Å². The molecule has 1 saturated heterocycles. The minimum absolute atomic E-state index is 0.0266. The van der Waals surface area contributed by atoms with E-state index in [2.05, 4.69) is 25.5 Å². The van der Waals surface area contributed by atoms with Crippen molar-refractivity contribution in [1.29, 1.82) is 0 Å². The van der Waals surface area contributed by atoms with Crippen molar-refractivity contribution in [3.8, 4) is 5.75 Å². The number of rotatable bonds is 16. The Hall–Kier alpha value is -4.37. The Morgan fingerprint density at radius 2 is 1.76 bits per heavy atom. The van der Waals surface area contributed by atoms with Crippen molar-refractivity contribution in [1.82, 2.24) is 19.8 Å². The predicted molar refractivity (Wildman–Crippen MR) is 172 cm³/mol. The fourth-order valence-corrected chi connectivity index (χ4v) is 4.82. The van der Waals surface area contributed by atoms with Gasteiger partial charge in [0.25, 0.3) is 0 Å². The molecule has 15 heteroatoms. The molecule has 4 N–H and O–H groups in total. The summed E-state index contributed by atoms with van der Waals surface area (Å²) in [5.74, 6) is -0.404. The van der Waals surface area contributed by atoms with E-state index in [1.807, 2.05) is 4.90 Å². The van der Waals surface area contributed by atoms with E-state index >= 15 is 0 Å². The Labute approximate surface area is 270 Å². The third kappa shape index (κ3) is 10.3. The summed E-state index contributed by atoms with van der Waals surface area (Å²) in [6, 6.07) is 7.64. The number of hydrogen-bond donors (Lipinski definition) is 3. The van der Waals surface area contributed by atoms with Crippen LogP contribution in [-0.4, -0.2) is 104 Å². The molecule has 1 aliphatic rings. The lowest BCUT2D eigenvalue weighted by atomic mass is 10.1. The van der Waals surface area contributed by atoms with Crippen molar-refractivity contribution < 1.29 is 33.0 Å². The Balaban J connectivity index is 1.23. The zero-order chi connectivity index (χ0) is 32.9. The molecule has 13 nitrogen and oxygen atoms in total. The summed E-state index contributed by atoms with van der Waals surface area (Å²) < 4.78 is 29.8. The number of methoxy groups -OCH3 is 1. The molecule has 3 amide bonds. The van der Waals surface area contributed by atoms with Gasteiger partial charge in [0, 0.05) is 62.4 Å². The number of ether oxygens (including phenoxy) is 3. The van der Waals surface area contributed by atoms with Crippen LogP contribution in [0.4, 0.5) is 21.6 Å². The number of aromatic nitrogens is 2. The van der Waals surface area contributed by atoms with Gasteiger partial charge in [-0.2, -0.15) is 0 Å². The number of carbonyl (C=O) groups excluding carboxylic acids is 3. The predicted octanol–water partition coefficient (Wildman–Crippen LogP) is 3.11. The number of anilines is 3. The van der Waals surface area contributed by atoms with Gasteiger partial charge in [0.2, 0.25) is 17.7 Å². The number of amides is 3. The molecule has 0 atom stereocenters. The smallest absolute Gasteiger partial charge is 0.248 e. The Bertz CT molecular complexity index is 1550. The average Bonchev–Trinajstić information content (AvgIpc) is 3.04. The van der Waals surface area contributed by atoms with Crippen molar-refractivity contribution >= 4 is 57.4 Å². The SMILES string of the molecule is COc1cc2ncnc(Nc3ccc(F)c(Cl)c3)c2cc1NC(=O)/C=C/CN1CCN(C(=O)CCOCCOCCC(N)=O)CC1. The highest BCUT2D eigenvalue weighted by Gasteiger charge is 2.20. The van der Waals surface area contributed by atoms with E-state index in [1.165, 1.54) is 37.7 Å². The summed E-state index contributed by atoms with van der Waals surface area (Å²) in [6.45, 7) is 4.32. The highest BCUT2D eigenvalue weighted by molar-refractivity contribution is 6.31. The van der Waals surface area contributed by atoms with Gasteiger partial charge in [0.15, 0.2) is 0 Å². The Kier molecular flexibility index (Phi) is 13.0. The monoisotopic (exact) mass is 657 g/mol. The summed E-state index contributed by atoms with van der Waals surface area (Å²) >= 11 is 5.92. The van der Waals surface area contributed by atoms with Gasteiger partial charge in [-0.05, 0) is 24.3 Å². The van der Waals surface area contributed by atoms with Gasteiger partial charge >= 0.3 is 0 Å². The zero-order valence-corrected chi connectivity index (χ0v) is 26.2. The van der Waals surface area contributed by atoms with Crippen LogP contribution in [0.1, 0.15) is 12.8 Å². The molecule has 2 aromatic carbocycles. The molecule has 2 heterocycles. The molecule has 1 fully saturated rings. The van der Waals surface area contributed by atoms with Crippen molar-refractivity contribution in [2.75, 3.05) is 76.9 Å². The van der Waals surface area contributed by atoms with Crippen LogP contribution in [0.15, 0.2) is 48.8 Å². The quantitative estimate of drug-likeness (QED) is 0.154. The number of nitrogens with zero attached hydrogens (tertiary/aromatic N) is 4. The number of fused-ring (bicyclic) bond motifs is 1. The van der Waals surface area contributed by atoms with E-state index in [1.54, 1.807) is 18.2 Å². The van der Waals surface area contributed by atoms with Crippen LogP contribution in [0.3, 0.4) is 0 Å². The van der Waals surface area contributed by atoms with Crippen LogP contribution >= 0.6 is 11.6 Å². The second kappa shape index (κ2) is 17.4. The summed E-state index contributed by atoms with van der Waals surface area (Å²) in [5, 5.41) is 6.54. The molecule has 0 bridgehead atoms. The van der Waals surface area contributed by atoms with Crippen LogP contribution in [0, 0.1) is 5.82 Å². The minimum Gasteiger partial charge on any atom is -0.494 e. The first-order valence-corrected chi connectivity index (χ1v) is 15.1. The van der Waals surface area contributed by atoms with Gasteiger partial charge in [-0.15, -0.1) is 0 Å². The van der Waals surface area contributed by atoms with Crippen LogP contribution in [0.2, 0.25) is 5.02 Å². The molecule has 0 aliphatic carbocycles. The highest BCUT2D eigenvalue weighted by atomic mass is 35.5. The maximum Gasteiger partial charge on any atom is 0.248 e. The first kappa shape index (κ1) is 34.5. The summed E-state index contributed by atoms with van der Waals surface area (Å²) in [4.78, 5) is 48.5. The van der Waals surface area contributed by atoms with E-state index < -0.39 is 11.7 Å². The van der Waals surface area contributed by atoms with E-state index in [-0.39, 0.29) is 36.3 Å². The van der Waals surface area contributed by atoms with Gasteiger partial charge in [0.05, 0.1) is 56.2 Å². The van der Waals surface area contributed by atoms with Crippen molar-refractivity contribution in [2.24, 2.45) is 5.73 Å². The molecule has 3 aromatic rings. The van der Waals surface area contributed by atoms with Crippen molar-refractivity contribution in [3.05, 3.63) is 59.7 Å². The van der Waals surface area contributed by atoms with Gasteiger partial charge in [0.1, 0.15) is 23.7 Å². The summed E-state index contributed by atoms with van der Waals surface area (Å²) in [7, 11) is 1.50. The number of carbonyl (C=O) groups is 3. The van der Waals surface area contributed by atoms with E-state index in [0.29, 0.717) is 86.4 Å². The third-order valence-corrected chi connectivity index (χ3v) is 7.37. The normalized spacial score (nSPS) is 13.7.